The fourth-order valence-corrected chi connectivity index (χ4v) is 2.25. The van der Waals surface area contributed by atoms with Gasteiger partial charge in [-0.3, -0.25) is 0 Å². The highest BCUT2D eigenvalue weighted by molar-refractivity contribution is 5.57. The molecule has 2 aromatic rings. The lowest BCUT2D eigenvalue weighted by Gasteiger charge is -2.19. The third-order valence-electron chi connectivity index (χ3n) is 3.50. The van der Waals surface area contributed by atoms with E-state index >= 15 is 0 Å². The second-order valence-electron chi connectivity index (χ2n) is 5.03. The van der Waals surface area contributed by atoms with Crippen molar-refractivity contribution in [3.8, 4) is 5.75 Å². The minimum Gasteiger partial charge on any atom is -0.492 e. The molecule has 2 nitrogen and oxygen atoms in total. The van der Waals surface area contributed by atoms with Crippen molar-refractivity contribution < 1.29 is 9.13 Å². The van der Waals surface area contributed by atoms with Crippen molar-refractivity contribution in [2.45, 2.75) is 33.2 Å². The molecule has 0 bridgehead atoms. The molecule has 0 saturated carbocycles. The predicted octanol–water partition coefficient (Wildman–Crippen LogP) is 4.96. The summed E-state index contributed by atoms with van der Waals surface area (Å²) in [6.45, 7) is 6.63. The molecule has 2 rings (SSSR count). The van der Waals surface area contributed by atoms with Crippen LogP contribution in [0.5, 0.6) is 5.75 Å². The second-order valence-corrected chi connectivity index (χ2v) is 5.03. The molecule has 0 heterocycles. The molecule has 0 aromatic heterocycles. The number of nitrogens with one attached hydrogen (secondary N) is 1. The van der Waals surface area contributed by atoms with Crippen LogP contribution in [0.4, 0.5) is 10.1 Å². The molecule has 1 atom stereocenters. The first-order chi connectivity index (χ1) is 10.1. The van der Waals surface area contributed by atoms with Gasteiger partial charge in [-0.1, -0.05) is 31.2 Å². The normalized spacial score (nSPS) is 12.0. The van der Waals surface area contributed by atoms with Crippen molar-refractivity contribution in [1.82, 2.24) is 0 Å². The van der Waals surface area contributed by atoms with Gasteiger partial charge in [-0.05, 0) is 43.5 Å². The van der Waals surface area contributed by atoms with Crippen molar-refractivity contribution in [3.05, 3.63) is 59.4 Å². The van der Waals surface area contributed by atoms with E-state index in [2.05, 4.69) is 43.4 Å². The van der Waals surface area contributed by atoms with Crippen LogP contribution in [0.15, 0.2) is 42.5 Å². The number of ether oxygens (including phenoxy) is 1. The highest BCUT2D eigenvalue weighted by atomic mass is 19.1. The molecule has 112 valence electrons. The van der Waals surface area contributed by atoms with Gasteiger partial charge in [0.2, 0.25) is 0 Å². The Kier molecular flexibility index (Phi) is 5.20. The number of hydrogen-bond acceptors (Lipinski definition) is 2. The molecule has 0 aliphatic heterocycles. The van der Waals surface area contributed by atoms with Crippen LogP contribution >= 0.6 is 0 Å². The quantitative estimate of drug-likeness (QED) is 0.810. The van der Waals surface area contributed by atoms with Crippen LogP contribution in [0, 0.1) is 5.82 Å². The molecule has 1 N–H and O–H groups in total. The molecule has 0 aliphatic rings. The number of halogens is 1. The van der Waals surface area contributed by atoms with Gasteiger partial charge in [-0.15, -0.1) is 0 Å². The fourth-order valence-electron chi connectivity index (χ4n) is 2.25. The SMILES string of the molecule is CCOc1cc(F)ccc1NC(C)c1ccc(CC)cc1. The lowest BCUT2D eigenvalue weighted by atomic mass is 10.0. The Morgan fingerprint density at radius 1 is 1.10 bits per heavy atom. The van der Waals surface area contributed by atoms with Gasteiger partial charge in [0.1, 0.15) is 11.6 Å². The summed E-state index contributed by atoms with van der Waals surface area (Å²) >= 11 is 0. The highest BCUT2D eigenvalue weighted by Crippen LogP contribution is 2.29. The summed E-state index contributed by atoms with van der Waals surface area (Å²) in [5, 5.41) is 3.38. The zero-order chi connectivity index (χ0) is 15.2. The van der Waals surface area contributed by atoms with Gasteiger partial charge in [0.05, 0.1) is 12.3 Å². The van der Waals surface area contributed by atoms with E-state index in [9.17, 15) is 4.39 Å². The summed E-state index contributed by atoms with van der Waals surface area (Å²) < 4.78 is 18.8. The summed E-state index contributed by atoms with van der Waals surface area (Å²) in [7, 11) is 0. The van der Waals surface area contributed by atoms with Crippen LogP contribution < -0.4 is 10.1 Å². The fraction of sp³-hybridized carbons (Fsp3) is 0.333. The minimum atomic E-state index is -0.288. The summed E-state index contributed by atoms with van der Waals surface area (Å²) in [6, 6.07) is 13.2. The summed E-state index contributed by atoms with van der Waals surface area (Å²) in [5.74, 6) is 0.262. The van der Waals surface area contributed by atoms with Crippen LogP contribution in [-0.4, -0.2) is 6.61 Å². The van der Waals surface area contributed by atoms with Crippen LogP contribution in [-0.2, 0) is 6.42 Å². The van der Waals surface area contributed by atoms with Gasteiger partial charge in [0.15, 0.2) is 0 Å². The number of anilines is 1. The Morgan fingerprint density at radius 2 is 1.81 bits per heavy atom. The molecular formula is C18H22FNO. The number of hydrogen-bond donors (Lipinski definition) is 1. The molecule has 1 unspecified atom stereocenters. The Labute approximate surface area is 126 Å². The van der Waals surface area contributed by atoms with E-state index in [0.29, 0.717) is 12.4 Å². The maximum Gasteiger partial charge on any atom is 0.145 e. The first-order valence-corrected chi connectivity index (χ1v) is 7.41. The first-order valence-electron chi connectivity index (χ1n) is 7.41. The van der Waals surface area contributed by atoms with Crippen LogP contribution in [0.3, 0.4) is 0 Å². The smallest absolute Gasteiger partial charge is 0.145 e. The molecular weight excluding hydrogens is 265 g/mol. The van der Waals surface area contributed by atoms with Gasteiger partial charge in [0.25, 0.3) is 0 Å². The van der Waals surface area contributed by atoms with Crippen LogP contribution in [0.1, 0.15) is 37.9 Å². The Morgan fingerprint density at radius 3 is 2.43 bits per heavy atom. The molecule has 0 amide bonds. The Hall–Kier alpha value is -2.03. The lowest BCUT2D eigenvalue weighted by molar-refractivity contribution is 0.339. The van der Waals surface area contributed by atoms with E-state index in [1.54, 1.807) is 6.07 Å². The number of benzene rings is 2. The maximum absolute atomic E-state index is 13.3. The van der Waals surface area contributed by atoms with Crippen molar-refractivity contribution in [2.24, 2.45) is 0 Å². The van der Waals surface area contributed by atoms with E-state index in [-0.39, 0.29) is 11.9 Å². The summed E-state index contributed by atoms with van der Waals surface area (Å²) in [4.78, 5) is 0. The van der Waals surface area contributed by atoms with Gasteiger partial charge in [0, 0.05) is 12.1 Å². The third kappa shape index (κ3) is 3.97. The van der Waals surface area contributed by atoms with Crippen molar-refractivity contribution >= 4 is 5.69 Å². The molecule has 0 radical (unpaired) electrons. The molecule has 0 spiro atoms. The number of aryl methyl sites for hydroxylation is 1. The van der Waals surface area contributed by atoms with Gasteiger partial charge < -0.3 is 10.1 Å². The van der Waals surface area contributed by atoms with E-state index in [1.165, 1.54) is 23.3 Å². The molecule has 21 heavy (non-hydrogen) atoms. The van der Waals surface area contributed by atoms with Gasteiger partial charge in [-0.2, -0.15) is 0 Å². The standard InChI is InChI=1S/C18H22FNO/c1-4-14-6-8-15(9-7-14)13(3)20-17-11-10-16(19)12-18(17)21-5-2/h6-13,20H,4-5H2,1-3H3. The summed E-state index contributed by atoms with van der Waals surface area (Å²) in [6.07, 6.45) is 1.04. The third-order valence-corrected chi connectivity index (χ3v) is 3.50. The van der Waals surface area contributed by atoms with Crippen molar-refractivity contribution in [1.29, 1.82) is 0 Å². The molecule has 0 aliphatic carbocycles. The predicted molar refractivity (Wildman–Crippen MR) is 85.4 cm³/mol. The van der Waals surface area contributed by atoms with Crippen LogP contribution in [0.25, 0.3) is 0 Å². The maximum atomic E-state index is 13.3. The number of rotatable bonds is 6. The van der Waals surface area contributed by atoms with E-state index in [1.807, 2.05) is 6.92 Å². The van der Waals surface area contributed by atoms with Gasteiger partial charge >= 0.3 is 0 Å². The minimum absolute atomic E-state index is 0.126. The van der Waals surface area contributed by atoms with E-state index < -0.39 is 0 Å². The molecule has 0 saturated heterocycles. The monoisotopic (exact) mass is 287 g/mol. The summed E-state index contributed by atoms with van der Waals surface area (Å²) in [5.41, 5.74) is 3.33. The molecule has 0 fully saturated rings. The van der Waals surface area contributed by atoms with Crippen molar-refractivity contribution in [2.75, 3.05) is 11.9 Å². The van der Waals surface area contributed by atoms with E-state index in [0.717, 1.165) is 12.1 Å². The Balaban J connectivity index is 2.16. The first kappa shape index (κ1) is 15.4. The zero-order valence-electron chi connectivity index (χ0n) is 12.8. The second kappa shape index (κ2) is 7.11. The van der Waals surface area contributed by atoms with Gasteiger partial charge in [-0.25, -0.2) is 4.39 Å². The molecule has 2 aromatic carbocycles. The largest absolute Gasteiger partial charge is 0.492 e. The zero-order valence-corrected chi connectivity index (χ0v) is 12.8. The lowest BCUT2D eigenvalue weighted by Crippen LogP contribution is -2.08. The average molecular weight is 287 g/mol. The van der Waals surface area contributed by atoms with Crippen LogP contribution in [0.2, 0.25) is 0 Å². The molecule has 3 heteroatoms. The topological polar surface area (TPSA) is 21.3 Å². The highest BCUT2D eigenvalue weighted by Gasteiger charge is 2.10. The van der Waals surface area contributed by atoms with E-state index in [4.69, 9.17) is 4.74 Å². The average Bonchev–Trinajstić information content (AvgIpc) is 2.50. The van der Waals surface area contributed by atoms with Crippen molar-refractivity contribution in [3.63, 3.8) is 0 Å². The Bertz CT molecular complexity index is 580.